The molecule has 0 fully saturated rings. The van der Waals surface area contributed by atoms with Gasteiger partial charge in [0.15, 0.2) is 11.7 Å². The zero-order chi connectivity index (χ0) is 31.7. The molecule has 47 heavy (non-hydrogen) atoms. The molecule has 2 heterocycles. The van der Waals surface area contributed by atoms with Crippen molar-refractivity contribution >= 4 is 44.9 Å². The number of nitrogens with two attached hydrogens (primary N) is 1. The van der Waals surface area contributed by atoms with Crippen LogP contribution >= 0.6 is 0 Å². The van der Waals surface area contributed by atoms with Crippen LogP contribution in [-0.2, 0) is 0 Å². The monoisotopic (exact) mass is 608 g/mol. The number of nitrogens with one attached hydrogen (secondary N) is 1. The molecule has 0 saturated carbocycles. The Bertz CT molecular complexity index is 2330. The Morgan fingerprint density at radius 3 is 2.04 bits per heavy atom. The molecule has 8 rings (SSSR count). The molecule has 226 valence electrons. The fourth-order valence-electron chi connectivity index (χ4n) is 6.49. The summed E-state index contributed by atoms with van der Waals surface area (Å²) in [7, 11) is 0. The van der Waals surface area contributed by atoms with Crippen molar-refractivity contribution in [2.75, 3.05) is 5.73 Å². The van der Waals surface area contributed by atoms with Crippen molar-refractivity contribution in [1.82, 2.24) is 5.32 Å². The van der Waals surface area contributed by atoms with Crippen molar-refractivity contribution in [3.8, 4) is 11.1 Å². The molecular weight excluding hydrogens is 576 g/mol. The quantitative estimate of drug-likeness (QED) is 0.197. The molecule has 0 radical (unpaired) electrons. The van der Waals surface area contributed by atoms with Gasteiger partial charge in [-0.3, -0.25) is 0 Å². The number of allylic oxidation sites excluding steroid dienone is 1. The Balaban J connectivity index is 1.18. The second-order valence-corrected chi connectivity index (χ2v) is 11.6. The van der Waals surface area contributed by atoms with Gasteiger partial charge in [-0.05, 0) is 51.6 Å². The van der Waals surface area contributed by atoms with Crippen molar-refractivity contribution < 1.29 is 4.42 Å². The van der Waals surface area contributed by atoms with Crippen LogP contribution < -0.4 is 11.1 Å². The number of rotatable bonds is 6. The summed E-state index contributed by atoms with van der Waals surface area (Å²) >= 11 is 0. The fraction of sp³-hybridized carbons (Fsp3) is 0.0476. The molecule has 6 aromatic carbocycles. The second kappa shape index (κ2) is 12.0. The largest absolute Gasteiger partial charge is 0.440 e. The normalized spacial score (nSPS) is 14.9. The van der Waals surface area contributed by atoms with E-state index in [4.69, 9.17) is 20.1 Å². The summed E-state index contributed by atoms with van der Waals surface area (Å²) in [6.45, 7) is 2.05. The van der Waals surface area contributed by atoms with E-state index in [9.17, 15) is 0 Å². The first-order valence-electron chi connectivity index (χ1n) is 15.8. The van der Waals surface area contributed by atoms with Gasteiger partial charge in [-0.25, -0.2) is 9.98 Å². The van der Waals surface area contributed by atoms with Crippen molar-refractivity contribution in [3.63, 3.8) is 0 Å². The van der Waals surface area contributed by atoms with Gasteiger partial charge in [0.05, 0.1) is 5.56 Å². The number of amidine groups is 2. The fourth-order valence-corrected chi connectivity index (χ4v) is 6.49. The Hall–Kier alpha value is -6.20. The number of benzene rings is 6. The van der Waals surface area contributed by atoms with Gasteiger partial charge in [0.1, 0.15) is 17.6 Å². The highest BCUT2D eigenvalue weighted by Gasteiger charge is 2.22. The predicted molar refractivity (Wildman–Crippen MR) is 195 cm³/mol. The van der Waals surface area contributed by atoms with Gasteiger partial charge in [-0.15, -0.1) is 0 Å². The molecule has 1 aliphatic rings. The number of anilines is 1. The highest BCUT2D eigenvalue weighted by molar-refractivity contribution is 6.13. The third-order valence-electron chi connectivity index (χ3n) is 8.75. The van der Waals surface area contributed by atoms with E-state index in [1.54, 1.807) is 0 Å². The van der Waals surface area contributed by atoms with E-state index in [1.165, 1.54) is 0 Å². The highest BCUT2D eigenvalue weighted by atomic mass is 16.3. The van der Waals surface area contributed by atoms with Crippen LogP contribution in [0.4, 0.5) is 5.88 Å². The molecule has 0 spiro atoms. The minimum atomic E-state index is -0.239. The van der Waals surface area contributed by atoms with E-state index in [2.05, 4.69) is 109 Å². The van der Waals surface area contributed by atoms with Crippen LogP contribution in [0.3, 0.4) is 0 Å². The van der Waals surface area contributed by atoms with E-state index >= 15 is 0 Å². The van der Waals surface area contributed by atoms with Gasteiger partial charge in [0.25, 0.3) is 0 Å². The maximum absolute atomic E-state index is 6.46. The van der Waals surface area contributed by atoms with Gasteiger partial charge < -0.3 is 15.5 Å². The van der Waals surface area contributed by atoms with Crippen molar-refractivity contribution in [2.24, 2.45) is 9.98 Å². The summed E-state index contributed by atoms with van der Waals surface area (Å²) < 4.78 is 5.95. The minimum Gasteiger partial charge on any atom is -0.440 e. The number of hydrogen-bond acceptors (Lipinski definition) is 5. The number of furan rings is 1. The maximum atomic E-state index is 6.46. The van der Waals surface area contributed by atoms with Crippen LogP contribution in [0.15, 0.2) is 166 Å². The van der Waals surface area contributed by atoms with Crippen molar-refractivity contribution in [1.29, 1.82) is 0 Å². The van der Waals surface area contributed by atoms with E-state index in [-0.39, 0.29) is 6.17 Å². The van der Waals surface area contributed by atoms with Gasteiger partial charge in [0, 0.05) is 16.5 Å². The average Bonchev–Trinajstić information content (AvgIpc) is 3.48. The lowest BCUT2D eigenvalue weighted by molar-refractivity contribution is 0.636. The third kappa shape index (κ3) is 5.18. The Labute approximate surface area is 273 Å². The predicted octanol–water partition coefficient (Wildman–Crippen LogP) is 9.78. The average molecular weight is 609 g/mol. The van der Waals surface area contributed by atoms with Gasteiger partial charge in [-0.1, -0.05) is 146 Å². The number of fused-ring (bicyclic) bond motifs is 2. The van der Waals surface area contributed by atoms with Crippen molar-refractivity contribution in [3.05, 3.63) is 179 Å². The summed E-state index contributed by atoms with van der Waals surface area (Å²) in [5.41, 5.74) is 15.7. The van der Waals surface area contributed by atoms with Crippen LogP contribution in [-0.4, -0.2) is 11.7 Å². The Morgan fingerprint density at radius 2 is 1.30 bits per heavy atom. The number of para-hydroxylation sites is 1. The molecule has 5 heteroatoms. The van der Waals surface area contributed by atoms with Crippen LogP contribution in [0.5, 0.6) is 0 Å². The standard InChI is InChI=1S/C42H32N4O/c1-2-31(38-36-19-11-12-20-37(36)47-39(38)43)35-26-25-32(33-17-9-10-18-34(33)35)27-21-23-30(24-22-27)42-45-40(28-13-5-3-6-14-28)44-41(46-42)29-15-7-4-8-16-29/h2-26,40H,43H2,1H3,(H,44,45,46)/b31-2-. The zero-order valence-electron chi connectivity index (χ0n) is 25.9. The molecule has 0 amide bonds. The maximum Gasteiger partial charge on any atom is 0.199 e. The molecule has 1 aromatic heterocycles. The zero-order valence-corrected chi connectivity index (χ0v) is 25.9. The molecule has 0 aliphatic carbocycles. The van der Waals surface area contributed by atoms with Crippen LogP contribution in [0, 0.1) is 0 Å². The lowest BCUT2D eigenvalue weighted by Gasteiger charge is -2.23. The van der Waals surface area contributed by atoms with Crippen molar-refractivity contribution in [2.45, 2.75) is 13.1 Å². The lowest BCUT2D eigenvalue weighted by Crippen LogP contribution is -2.33. The topological polar surface area (TPSA) is 75.9 Å². The Morgan fingerprint density at radius 1 is 0.660 bits per heavy atom. The third-order valence-corrected chi connectivity index (χ3v) is 8.75. The lowest BCUT2D eigenvalue weighted by atomic mass is 9.88. The first-order chi connectivity index (χ1) is 23.2. The molecular formula is C42H32N4O. The summed E-state index contributed by atoms with van der Waals surface area (Å²) in [5, 5.41) is 6.85. The van der Waals surface area contributed by atoms with Gasteiger partial charge in [-0.2, -0.15) is 0 Å². The number of hydrogen-bond donors (Lipinski definition) is 2. The highest BCUT2D eigenvalue weighted by Crippen LogP contribution is 2.41. The van der Waals surface area contributed by atoms with E-state index in [0.29, 0.717) is 11.7 Å². The molecule has 7 aromatic rings. The number of nitrogen functional groups attached to an aromatic ring is 1. The van der Waals surface area contributed by atoms with E-state index in [0.717, 1.165) is 72.1 Å². The smallest absolute Gasteiger partial charge is 0.199 e. The Kier molecular flexibility index (Phi) is 7.19. The van der Waals surface area contributed by atoms with Gasteiger partial charge >= 0.3 is 0 Å². The van der Waals surface area contributed by atoms with Crippen LogP contribution in [0.25, 0.3) is 38.4 Å². The molecule has 1 aliphatic heterocycles. The second-order valence-electron chi connectivity index (χ2n) is 11.6. The number of nitrogens with zero attached hydrogens (tertiary/aromatic N) is 2. The number of aliphatic imine (C=N–C) groups is 2. The van der Waals surface area contributed by atoms with E-state index < -0.39 is 0 Å². The first kappa shape index (κ1) is 28.3. The summed E-state index contributed by atoms with van der Waals surface area (Å²) in [6, 6.07) is 50.0. The molecule has 0 bridgehead atoms. The van der Waals surface area contributed by atoms with E-state index in [1.807, 2.05) is 54.6 Å². The SMILES string of the molecule is C/C=C(\c1c(N)oc2ccccc12)c1ccc(-c2ccc(C3=NC(c4ccccc4)NC(c4ccccc4)=N3)cc2)c2ccccc12. The first-order valence-corrected chi connectivity index (χ1v) is 15.8. The molecule has 1 atom stereocenters. The molecule has 0 saturated heterocycles. The molecule has 5 nitrogen and oxygen atoms in total. The van der Waals surface area contributed by atoms with Gasteiger partial charge in [0.2, 0.25) is 0 Å². The summed E-state index contributed by atoms with van der Waals surface area (Å²) in [5.74, 6) is 1.93. The summed E-state index contributed by atoms with van der Waals surface area (Å²) in [4.78, 5) is 10.0. The summed E-state index contributed by atoms with van der Waals surface area (Å²) in [6.07, 6.45) is 1.88. The molecule has 1 unspecified atom stereocenters. The van der Waals surface area contributed by atoms with Crippen LogP contribution in [0.1, 0.15) is 40.9 Å². The van der Waals surface area contributed by atoms with Crippen LogP contribution in [0.2, 0.25) is 0 Å². The minimum absolute atomic E-state index is 0.239. The molecule has 3 N–H and O–H groups in total.